The van der Waals surface area contributed by atoms with Crippen LogP contribution in [0.1, 0.15) is 13.3 Å². The van der Waals surface area contributed by atoms with E-state index in [4.69, 9.17) is 23.2 Å². The zero-order chi connectivity index (χ0) is 15.5. The molecule has 0 heterocycles. The first-order chi connectivity index (χ1) is 9.03. The first-order valence-electron chi connectivity index (χ1n) is 5.23. The Labute approximate surface area is 119 Å². The van der Waals surface area contributed by atoms with E-state index in [9.17, 15) is 26.7 Å². The van der Waals surface area contributed by atoms with Crippen molar-refractivity contribution >= 4 is 34.8 Å². The molecule has 1 aliphatic rings. The highest BCUT2D eigenvalue weighted by Gasteiger charge is 2.68. The Morgan fingerprint density at radius 2 is 1.35 bits per heavy atom. The van der Waals surface area contributed by atoms with Crippen molar-refractivity contribution < 1.29 is 26.7 Å². The molecule has 9 heteroatoms. The number of amides is 1. The number of carbonyl (C=O) groups is 1. The molecule has 0 spiro atoms. The lowest BCUT2D eigenvalue weighted by Gasteiger charge is -2.14. The molecule has 2 nitrogen and oxygen atoms in total. The molecular weight excluding hydrogens is 328 g/mol. The van der Waals surface area contributed by atoms with Crippen molar-refractivity contribution in [1.82, 2.24) is 0 Å². The highest BCUT2D eigenvalue weighted by molar-refractivity contribution is 6.53. The van der Waals surface area contributed by atoms with Gasteiger partial charge in [0, 0.05) is 0 Å². The summed E-state index contributed by atoms with van der Waals surface area (Å²) < 4.78 is 64.0. The minimum atomic E-state index is -2.31. The van der Waals surface area contributed by atoms with Crippen LogP contribution in [0.4, 0.5) is 27.6 Å². The average molecular weight is 334 g/mol. The summed E-state index contributed by atoms with van der Waals surface area (Å²) in [6, 6.07) is 0. The molecule has 1 aliphatic carbocycles. The summed E-state index contributed by atoms with van der Waals surface area (Å²) in [6.07, 6.45) is -0.00958. The van der Waals surface area contributed by atoms with Crippen molar-refractivity contribution in [3.05, 3.63) is 29.1 Å². The van der Waals surface area contributed by atoms with Gasteiger partial charge in [0.1, 0.15) is 10.0 Å². The van der Waals surface area contributed by atoms with Gasteiger partial charge >= 0.3 is 0 Å². The van der Waals surface area contributed by atoms with Crippen LogP contribution in [0.25, 0.3) is 0 Å². The van der Waals surface area contributed by atoms with E-state index in [0.29, 0.717) is 0 Å². The second-order valence-electron chi connectivity index (χ2n) is 4.61. The van der Waals surface area contributed by atoms with Crippen molar-refractivity contribution in [2.45, 2.75) is 17.7 Å². The second kappa shape index (κ2) is 4.46. The SMILES string of the molecule is C[C@]1(C(=O)Nc2c(F)c(F)c(F)c(F)c2F)CC1(Cl)Cl. The van der Waals surface area contributed by atoms with Gasteiger partial charge in [-0.1, -0.05) is 0 Å². The van der Waals surface area contributed by atoms with Crippen LogP contribution in [0.15, 0.2) is 0 Å². The topological polar surface area (TPSA) is 29.1 Å². The number of carbonyl (C=O) groups excluding carboxylic acids is 1. The fourth-order valence-corrected chi connectivity index (χ4v) is 2.32. The second-order valence-corrected chi connectivity index (χ2v) is 6.10. The Kier molecular flexibility index (Phi) is 3.41. The molecule has 1 aromatic rings. The number of halogens is 7. The van der Waals surface area contributed by atoms with Gasteiger partial charge in [0.2, 0.25) is 11.7 Å². The highest BCUT2D eigenvalue weighted by Crippen LogP contribution is 2.64. The molecule has 20 heavy (non-hydrogen) atoms. The molecule has 1 fully saturated rings. The molecule has 1 amide bonds. The molecule has 1 saturated carbocycles. The molecule has 0 saturated heterocycles. The van der Waals surface area contributed by atoms with Crippen LogP contribution in [0.3, 0.4) is 0 Å². The minimum Gasteiger partial charge on any atom is -0.320 e. The summed E-state index contributed by atoms with van der Waals surface area (Å²) in [4.78, 5) is 11.8. The summed E-state index contributed by atoms with van der Waals surface area (Å²) in [6.45, 7) is 1.30. The Morgan fingerprint density at radius 1 is 1.00 bits per heavy atom. The molecule has 1 atom stereocenters. The number of hydrogen-bond acceptors (Lipinski definition) is 1. The Hall–Kier alpha value is -1.08. The molecule has 0 radical (unpaired) electrons. The smallest absolute Gasteiger partial charge is 0.233 e. The lowest BCUT2D eigenvalue weighted by Crippen LogP contribution is -2.27. The van der Waals surface area contributed by atoms with Crippen molar-refractivity contribution in [3.8, 4) is 0 Å². The Morgan fingerprint density at radius 3 is 1.70 bits per heavy atom. The van der Waals surface area contributed by atoms with Gasteiger partial charge < -0.3 is 5.32 Å². The van der Waals surface area contributed by atoms with Crippen molar-refractivity contribution in [2.24, 2.45) is 5.41 Å². The van der Waals surface area contributed by atoms with Gasteiger partial charge in [0.15, 0.2) is 23.3 Å². The van der Waals surface area contributed by atoms with Gasteiger partial charge in [-0.05, 0) is 13.3 Å². The molecule has 2 rings (SSSR count). The van der Waals surface area contributed by atoms with Crippen LogP contribution >= 0.6 is 23.2 Å². The van der Waals surface area contributed by atoms with Crippen LogP contribution in [0.2, 0.25) is 0 Å². The third kappa shape index (κ3) is 2.03. The normalized spacial score (nSPS) is 23.6. The van der Waals surface area contributed by atoms with E-state index < -0.39 is 50.4 Å². The first-order valence-corrected chi connectivity index (χ1v) is 5.99. The van der Waals surface area contributed by atoms with Crippen LogP contribution in [0.5, 0.6) is 0 Å². The number of rotatable bonds is 2. The van der Waals surface area contributed by atoms with Crippen LogP contribution in [-0.4, -0.2) is 10.2 Å². The highest BCUT2D eigenvalue weighted by atomic mass is 35.5. The Balaban J connectivity index is 2.39. The van der Waals surface area contributed by atoms with Crippen LogP contribution < -0.4 is 5.32 Å². The van der Waals surface area contributed by atoms with Gasteiger partial charge in [-0.3, -0.25) is 4.79 Å². The number of hydrogen-bond donors (Lipinski definition) is 1. The summed E-state index contributed by atoms with van der Waals surface area (Å²) in [7, 11) is 0. The van der Waals surface area contributed by atoms with Crippen LogP contribution in [0, 0.1) is 34.5 Å². The zero-order valence-corrected chi connectivity index (χ0v) is 11.3. The molecule has 0 bridgehead atoms. The number of alkyl halides is 2. The monoisotopic (exact) mass is 333 g/mol. The van der Waals surface area contributed by atoms with Gasteiger partial charge in [-0.2, -0.15) is 0 Å². The molecule has 0 aromatic heterocycles. The van der Waals surface area contributed by atoms with Crippen molar-refractivity contribution in [1.29, 1.82) is 0 Å². The Bertz CT molecular complexity index is 592. The standard InChI is InChI=1S/C11H6Cl2F5NO/c1-10(2-11(10,12)13)9(20)19-8-6(17)4(15)3(14)5(16)7(8)18/h2H2,1H3,(H,19,20)/t10-/m1/s1. The number of anilines is 1. The summed E-state index contributed by atoms with van der Waals surface area (Å²) >= 11 is 11.4. The predicted octanol–water partition coefficient (Wildman–Crippen LogP) is 3.90. The molecule has 0 aliphatic heterocycles. The number of benzene rings is 1. The maximum absolute atomic E-state index is 13.4. The zero-order valence-electron chi connectivity index (χ0n) is 9.76. The fourth-order valence-electron chi connectivity index (χ4n) is 1.61. The first kappa shape index (κ1) is 15.3. The van der Waals surface area contributed by atoms with Gasteiger partial charge in [0.25, 0.3) is 0 Å². The largest absolute Gasteiger partial charge is 0.320 e. The van der Waals surface area contributed by atoms with Crippen molar-refractivity contribution in [3.63, 3.8) is 0 Å². The number of nitrogens with one attached hydrogen (secondary N) is 1. The third-order valence-corrected chi connectivity index (χ3v) is 4.31. The maximum Gasteiger partial charge on any atom is 0.233 e. The predicted molar refractivity (Wildman–Crippen MR) is 62.0 cm³/mol. The molecule has 110 valence electrons. The molecule has 1 aromatic carbocycles. The quantitative estimate of drug-likeness (QED) is 0.378. The van der Waals surface area contributed by atoms with Gasteiger partial charge in [-0.15, -0.1) is 23.2 Å². The average Bonchev–Trinajstić information content (AvgIpc) is 2.90. The third-order valence-electron chi connectivity index (χ3n) is 3.21. The molecular formula is C11H6Cl2F5NO. The van der Waals surface area contributed by atoms with Crippen molar-refractivity contribution in [2.75, 3.05) is 5.32 Å². The lowest BCUT2D eigenvalue weighted by molar-refractivity contribution is -0.120. The van der Waals surface area contributed by atoms with E-state index in [0.717, 1.165) is 0 Å². The van der Waals surface area contributed by atoms with E-state index in [1.807, 2.05) is 0 Å². The summed E-state index contributed by atoms with van der Waals surface area (Å²) in [5.74, 6) is -11.9. The van der Waals surface area contributed by atoms with Crippen LogP contribution in [-0.2, 0) is 4.79 Å². The summed E-state index contributed by atoms with van der Waals surface area (Å²) in [5.41, 5.74) is -2.79. The van der Waals surface area contributed by atoms with E-state index in [1.54, 1.807) is 5.32 Å². The molecule has 1 N–H and O–H groups in total. The van der Waals surface area contributed by atoms with E-state index in [-0.39, 0.29) is 6.42 Å². The molecule has 0 unspecified atom stereocenters. The van der Waals surface area contributed by atoms with Gasteiger partial charge in [-0.25, -0.2) is 22.0 Å². The van der Waals surface area contributed by atoms with E-state index in [1.165, 1.54) is 6.92 Å². The lowest BCUT2D eigenvalue weighted by atomic mass is 10.1. The van der Waals surface area contributed by atoms with E-state index in [2.05, 4.69) is 0 Å². The maximum atomic E-state index is 13.4. The fraction of sp³-hybridized carbons (Fsp3) is 0.364. The van der Waals surface area contributed by atoms with Gasteiger partial charge in [0.05, 0.1) is 5.41 Å². The van der Waals surface area contributed by atoms with E-state index >= 15 is 0 Å². The minimum absolute atomic E-state index is 0.00958. The summed E-state index contributed by atoms with van der Waals surface area (Å²) in [5, 5.41) is 1.64.